The smallest absolute Gasteiger partial charge is 0.0408 e. The van der Waals surface area contributed by atoms with Crippen LogP contribution in [0.5, 0.6) is 0 Å². The summed E-state index contributed by atoms with van der Waals surface area (Å²) in [6, 6.07) is 8.17. The SMILES string of the molecule is ClCC(Cc1cccc(Cl)c1)CC1CCCC1. The molecule has 0 nitrogen and oxygen atoms in total. The zero-order chi connectivity index (χ0) is 12.1. The van der Waals surface area contributed by atoms with Crippen molar-refractivity contribution < 1.29 is 0 Å². The van der Waals surface area contributed by atoms with Crippen LogP contribution < -0.4 is 0 Å². The molecule has 1 saturated carbocycles. The van der Waals surface area contributed by atoms with Gasteiger partial charge in [-0.25, -0.2) is 0 Å². The lowest BCUT2D eigenvalue weighted by molar-refractivity contribution is 0.399. The van der Waals surface area contributed by atoms with Crippen molar-refractivity contribution in [3.63, 3.8) is 0 Å². The van der Waals surface area contributed by atoms with Crippen LogP contribution in [0.4, 0.5) is 0 Å². The van der Waals surface area contributed by atoms with Gasteiger partial charge in [0.25, 0.3) is 0 Å². The van der Waals surface area contributed by atoms with Crippen LogP contribution in [0.15, 0.2) is 24.3 Å². The molecule has 1 aliphatic carbocycles. The lowest BCUT2D eigenvalue weighted by Gasteiger charge is -2.18. The molecule has 1 aromatic carbocycles. The van der Waals surface area contributed by atoms with Gasteiger partial charge in [0.05, 0.1) is 0 Å². The van der Waals surface area contributed by atoms with Crippen LogP contribution in [0.3, 0.4) is 0 Å². The summed E-state index contributed by atoms with van der Waals surface area (Å²) in [5.74, 6) is 2.29. The summed E-state index contributed by atoms with van der Waals surface area (Å²) in [6.07, 6.45) is 8.00. The van der Waals surface area contributed by atoms with Crippen molar-refractivity contribution in [2.75, 3.05) is 5.88 Å². The molecule has 1 atom stereocenters. The van der Waals surface area contributed by atoms with E-state index in [0.717, 1.165) is 23.2 Å². The molecule has 1 aromatic rings. The Balaban J connectivity index is 1.90. The first kappa shape index (κ1) is 13.2. The van der Waals surface area contributed by atoms with Gasteiger partial charge in [-0.3, -0.25) is 0 Å². The molecule has 0 radical (unpaired) electrons. The van der Waals surface area contributed by atoms with Gasteiger partial charge < -0.3 is 0 Å². The van der Waals surface area contributed by atoms with Crippen molar-refractivity contribution in [3.05, 3.63) is 34.9 Å². The Morgan fingerprint density at radius 3 is 2.65 bits per heavy atom. The van der Waals surface area contributed by atoms with Gasteiger partial charge in [0.15, 0.2) is 0 Å². The van der Waals surface area contributed by atoms with Crippen LogP contribution in [0.1, 0.15) is 37.7 Å². The van der Waals surface area contributed by atoms with E-state index in [9.17, 15) is 0 Å². The second-order valence-corrected chi connectivity index (χ2v) is 5.99. The third-order valence-electron chi connectivity index (χ3n) is 3.77. The van der Waals surface area contributed by atoms with Crippen molar-refractivity contribution in [1.29, 1.82) is 0 Å². The summed E-state index contributed by atoms with van der Waals surface area (Å²) in [6.45, 7) is 0. The molecule has 0 heterocycles. The third kappa shape index (κ3) is 4.19. The maximum atomic E-state index is 6.10. The van der Waals surface area contributed by atoms with Crippen molar-refractivity contribution in [2.24, 2.45) is 11.8 Å². The first-order valence-corrected chi connectivity index (χ1v) is 7.49. The van der Waals surface area contributed by atoms with Crippen LogP contribution in [0, 0.1) is 11.8 Å². The van der Waals surface area contributed by atoms with Gasteiger partial charge in [0.2, 0.25) is 0 Å². The highest BCUT2D eigenvalue weighted by Gasteiger charge is 2.19. The van der Waals surface area contributed by atoms with Crippen LogP contribution in [-0.4, -0.2) is 5.88 Å². The topological polar surface area (TPSA) is 0 Å². The monoisotopic (exact) mass is 270 g/mol. The highest BCUT2D eigenvalue weighted by molar-refractivity contribution is 6.30. The number of hydrogen-bond acceptors (Lipinski definition) is 0. The zero-order valence-corrected chi connectivity index (χ0v) is 11.7. The molecule has 17 heavy (non-hydrogen) atoms. The van der Waals surface area contributed by atoms with Crippen molar-refractivity contribution in [3.8, 4) is 0 Å². The summed E-state index contributed by atoms with van der Waals surface area (Å²) in [7, 11) is 0. The fraction of sp³-hybridized carbons (Fsp3) is 0.600. The normalized spacial score (nSPS) is 18.5. The zero-order valence-electron chi connectivity index (χ0n) is 10.2. The van der Waals surface area contributed by atoms with Gasteiger partial charge in [-0.1, -0.05) is 49.4 Å². The second-order valence-electron chi connectivity index (χ2n) is 5.24. The van der Waals surface area contributed by atoms with Crippen molar-refractivity contribution >= 4 is 23.2 Å². The van der Waals surface area contributed by atoms with Crippen LogP contribution in [0.2, 0.25) is 5.02 Å². The molecule has 1 unspecified atom stereocenters. The highest BCUT2D eigenvalue weighted by Crippen LogP contribution is 2.32. The second kappa shape index (κ2) is 6.66. The average Bonchev–Trinajstić information content (AvgIpc) is 2.81. The summed E-state index contributed by atoms with van der Waals surface area (Å²) < 4.78 is 0. The lowest BCUT2D eigenvalue weighted by Crippen LogP contribution is -2.11. The Bertz CT molecular complexity index is 343. The van der Waals surface area contributed by atoms with E-state index in [0.29, 0.717) is 5.92 Å². The van der Waals surface area contributed by atoms with E-state index >= 15 is 0 Å². The summed E-state index contributed by atoms with van der Waals surface area (Å²) >= 11 is 12.1. The molecule has 0 aromatic heterocycles. The predicted molar refractivity (Wildman–Crippen MR) is 75.9 cm³/mol. The quantitative estimate of drug-likeness (QED) is 0.636. The predicted octanol–water partition coefficient (Wildman–Crippen LogP) is 5.32. The standard InChI is InChI=1S/C15H20Cl2/c16-11-14(8-12-4-1-2-5-12)9-13-6-3-7-15(17)10-13/h3,6-7,10,12,14H,1-2,4-5,8-9,11H2. The van der Waals surface area contributed by atoms with E-state index in [-0.39, 0.29) is 0 Å². The number of halogens is 2. The minimum Gasteiger partial charge on any atom is -0.126 e. The molecule has 1 aliphatic rings. The first-order valence-electron chi connectivity index (χ1n) is 6.58. The van der Waals surface area contributed by atoms with E-state index in [1.54, 1.807) is 0 Å². The van der Waals surface area contributed by atoms with E-state index in [1.165, 1.54) is 37.7 Å². The molecular formula is C15H20Cl2. The third-order valence-corrected chi connectivity index (χ3v) is 4.44. The first-order chi connectivity index (χ1) is 8.28. The van der Waals surface area contributed by atoms with Crippen LogP contribution in [0.25, 0.3) is 0 Å². The Hall–Kier alpha value is -0.200. The number of benzene rings is 1. The molecular weight excluding hydrogens is 251 g/mol. The van der Waals surface area contributed by atoms with E-state index < -0.39 is 0 Å². The van der Waals surface area contributed by atoms with Gasteiger partial charge in [-0.2, -0.15) is 0 Å². The molecule has 2 rings (SSSR count). The van der Waals surface area contributed by atoms with E-state index in [4.69, 9.17) is 23.2 Å². The molecule has 94 valence electrons. The molecule has 0 saturated heterocycles. The Morgan fingerprint density at radius 1 is 1.24 bits per heavy atom. The lowest BCUT2D eigenvalue weighted by atomic mass is 9.90. The van der Waals surface area contributed by atoms with Crippen molar-refractivity contribution in [2.45, 2.75) is 38.5 Å². The average molecular weight is 271 g/mol. The van der Waals surface area contributed by atoms with Crippen LogP contribution in [-0.2, 0) is 6.42 Å². The molecule has 0 N–H and O–H groups in total. The van der Waals surface area contributed by atoms with Gasteiger partial charge in [-0.05, 0) is 42.4 Å². The number of rotatable bonds is 5. The summed E-state index contributed by atoms with van der Waals surface area (Å²) in [4.78, 5) is 0. The summed E-state index contributed by atoms with van der Waals surface area (Å²) in [5.41, 5.74) is 1.32. The Kier molecular flexibility index (Phi) is 5.18. The van der Waals surface area contributed by atoms with Gasteiger partial charge in [-0.15, -0.1) is 11.6 Å². The van der Waals surface area contributed by atoms with Crippen molar-refractivity contribution in [1.82, 2.24) is 0 Å². The highest BCUT2D eigenvalue weighted by atomic mass is 35.5. The Labute approximate surface area is 114 Å². The van der Waals surface area contributed by atoms with E-state index in [2.05, 4.69) is 12.1 Å². The molecule has 0 amide bonds. The van der Waals surface area contributed by atoms with Gasteiger partial charge in [0, 0.05) is 10.9 Å². The molecule has 2 heteroatoms. The maximum Gasteiger partial charge on any atom is 0.0408 e. The maximum absolute atomic E-state index is 6.10. The largest absolute Gasteiger partial charge is 0.126 e. The minimum absolute atomic E-state index is 0.609. The van der Waals surface area contributed by atoms with Gasteiger partial charge in [0.1, 0.15) is 0 Å². The molecule has 0 bridgehead atoms. The van der Waals surface area contributed by atoms with Crippen LogP contribution >= 0.6 is 23.2 Å². The van der Waals surface area contributed by atoms with E-state index in [1.807, 2.05) is 12.1 Å². The summed E-state index contributed by atoms with van der Waals surface area (Å²) in [5, 5.41) is 0.830. The minimum atomic E-state index is 0.609. The fourth-order valence-electron chi connectivity index (χ4n) is 2.92. The molecule has 0 spiro atoms. The number of alkyl halides is 1. The Morgan fingerprint density at radius 2 is 2.00 bits per heavy atom. The number of hydrogen-bond donors (Lipinski definition) is 0. The van der Waals surface area contributed by atoms with Gasteiger partial charge >= 0.3 is 0 Å². The molecule has 1 fully saturated rings. The fourth-order valence-corrected chi connectivity index (χ4v) is 3.36. The molecule has 0 aliphatic heterocycles.